The van der Waals surface area contributed by atoms with Crippen LogP contribution in [0.25, 0.3) is 0 Å². The van der Waals surface area contributed by atoms with Crippen molar-refractivity contribution in [2.75, 3.05) is 18.7 Å². The zero-order valence-corrected chi connectivity index (χ0v) is 9.44. The number of unbranched alkanes of at least 4 members (excludes halogenated alkanes) is 1. The first kappa shape index (κ1) is 11.7. The van der Waals surface area contributed by atoms with Gasteiger partial charge in [0, 0.05) is 24.8 Å². The number of benzene rings is 1. The Kier molecular flexibility index (Phi) is 3.82. The summed E-state index contributed by atoms with van der Waals surface area (Å²) >= 11 is 0. The molecule has 92 valence electrons. The molecule has 0 aliphatic carbocycles. The van der Waals surface area contributed by atoms with Crippen LogP contribution in [0.4, 0.5) is 5.69 Å². The van der Waals surface area contributed by atoms with E-state index in [4.69, 9.17) is 14.6 Å². The Morgan fingerprint density at radius 1 is 1.29 bits per heavy atom. The van der Waals surface area contributed by atoms with E-state index in [1.807, 2.05) is 0 Å². The van der Waals surface area contributed by atoms with Crippen LogP contribution in [-0.2, 0) is 4.79 Å². The van der Waals surface area contributed by atoms with E-state index in [0.717, 1.165) is 0 Å². The lowest BCUT2D eigenvalue weighted by atomic mass is 10.2. The zero-order valence-electron chi connectivity index (χ0n) is 9.44. The van der Waals surface area contributed by atoms with Crippen LogP contribution >= 0.6 is 0 Å². The molecule has 1 heterocycles. The molecule has 1 aliphatic rings. The van der Waals surface area contributed by atoms with Crippen LogP contribution in [0.2, 0.25) is 0 Å². The molecule has 0 aromatic heterocycles. The Morgan fingerprint density at radius 2 is 2.12 bits per heavy atom. The van der Waals surface area contributed by atoms with E-state index >= 15 is 0 Å². The fraction of sp³-hybridized carbons (Fsp3) is 0.417. The van der Waals surface area contributed by atoms with Gasteiger partial charge in [-0.25, -0.2) is 0 Å². The fourth-order valence-electron chi connectivity index (χ4n) is 1.60. The Morgan fingerprint density at radius 3 is 2.94 bits per heavy atom. The molecule has 1 amide bonds. The molecule has 1 aromatic rings. The van der Waals surface area contributed by atoms with E-state index < -0.39 is 0 Å². The van der Waals surface area contributed by atoms with Gasteiger partial charge in [0.1, 0.15) is 0 Å². The van der Waals surface area contributed by atoms with Crippen molar-refractivity contribution in [3.05, 3.63) is 18.2 Å². The third-order valence-corrected chi connectivity index (χ3v) is 2.47. The number of hydrogen-bond donors (Lipinski definition) is 2. The molecule has 0 saturated carbocycles. The van der Waals surface area contributed by atoms with E-state index in [0.29, 0.717) is 36.4 Å². The average molecular weight is 237 g/mol. The number of nitrogens with one attached hydrogen (secondary N) is 1. The van der Waals surface area contributed by atoms with E-state index in [2.05, 4.69) is 5.32 Å². The Hall–Kier alpha value is -1.75. The van der Waals surface area contributed by atoms with Gasteiger partial charge < -0.3 is 19.9 Å². The van der Waals surface area contributed by atoms with Crippen molar-refractivity contribution < 1.29 is 19.4 Å². The molecule has 0 fully saturated rings. The van der Waals surface area contributed by atoms with Crippen molar-refractivity contribution in [2.45, 2.75) is 19.3 Å². The van der Waals surface area contributed by atoms with Gasteiger partial charge in [-0.05, 0) is 25.0 Å². The van der Waals surface area contributed by atoms with Crippen molar-refractivity contribution in [1.82, 2.24) is 0 Å². The lowest BCUT2D eigenvalue weighted by Gasteiger charge is -2.05. The first-order chi connectivity index (χ1) is 8.29. The summed E-state index contributed by atoms with van der Waals surface area (Å²) in [5.74, 6) is 1.29. The lowest BCUT2D eigenvalue weighted by Crippen LogP contribution is -2.11. The summed E-state index contributed by atoms with van der Waals surface area (Å²) in [7, 11) is 0. The largest absolute Gasteiger partial charge is 0.454 e. The Labute approximate surface area is 99.3 Å². The minimum Gasteiger partial charge on any atom is -0.454 e. The summed E-state index contributed by atoms with van der Waals surface area (Å²) < 4.78 is 10.4. The second-order valence-electron chi connectivity index (χ2n) is 3.80. The standard InChI is InChI=1S/C12H15NO4/c14-6-2-1-3-12(15)13-9-4-5-10-11(7-9)17-8-16-10/h4-5,7,14H,1-3,6,8H2,(H,13,15). The molecule has 1 aliphatic heterocycles. The maximum absolute atomic E-state index is 11.5. The third-order valence-electron chi connectivity index (χ3n) is 2.47. The number of aliphatic hydroxyl groups excluding tert-OH is 1. The Balaban J connectivity index is 1.88. The van der Waals surface area contributed by atoms with E-state index in [1.54, 1.807) is 18.2 Å². The number of hydrogen-bond acceptors (Lipinski definition) is 4. The van der Waals surface area contributed by atoms with Gasteiger partial charge in [0.15, 0.2) is 11.5 Å². The van der Waals surface area contributed by atoms with Crippen molar-refractivity contribution in [2.24, 2.45) is 0 Å². The SMILES string of the molecule is O=C(CCCCO)Nc1ccc2c(c1)OCO2. The van der Waals surface area contributed by atoms with Crippen molar-refractivity contribution >= 4 is 11.6 Å². The topological polar surface area (TPSA) is 67.8 Å². The van der Waals surface area contributed by atoms with Crippen LogP contribution in [-0.4, -0.2) is 24.4 Å². The van der Waals surface area contributed by atoms with Crippen LogP contribution in [0, 0.1) is 0 Å². The molecule has 5 nitrogen and oxygen atoms in total. The molecular formula is C12H15NO4. The lowest BCUT2D eigenvalue weighted by molar-refractivity contribution is -0.116. The van der Waals surface area contributed by atoms with Gasteiger partial charge in [0.2, 0.25) is 12.7 Å². The number of rotatable bonds is 5. The normalized spacial score (nSPS) is 12.5. The number of amides is 1. The van der Waals surface area contributed by atoms with Gasteiger partial charge in [0.25, 0.3) is 0 Å². The van der Waals surface area contributed by atoms with Gasteiger partial charge >= 0.3 is 0 Å². The number of fused-ring (bicyclic) bond motifs is 1. The molecule has 5 heteroatoms. The maximum Gasteiger partial charge on any atom is 0.231 e. The molecule has 0 bridgehead atoms. The minimum atomic E-state index is -0.0580. The highest BCUT2D eigenvalue weighted by atomic mass is 16.7. The van der Waals surface area contributed by atoms with E-state index in [1.165, 1.54) is 0 Å². The van der Waals surface area contributed by atoms with Gasteiger partial charge in [-0.3, -0.25) is 4.79 Å². The van der Waals surface area contributed by atoms with Crippen molar-refractivity contribution in [3.8, 4) is 11.5 Å². The average Bonchev–Trinajstić information content (AvgIpc) is 2.76. The minimum absolute atomic E-state index is 0.0580. The number of carbonyl (C=O) groups is 1. The smallest absolute Gasteiger partial charge is 0.231 e. The van der Waals surface area contributed by atoms with Crippen LogP contribution < -0.4 is 14.8 Å². The number of anilines is 1. The predicted octanol–water partition coefficient (Wildman–Crippen LogP) is 1.52. The van der Waals surface area contributed by atoms with E-state index in [9.17, 15) is 4.79 Å². The molecule has 0 saturated heterocycles. The second-order valence-corrected chi connectivity index (χ2v) is 3.80. The molecule has 2 N–H and O–H groups in total. The second kappa shape index (κ2) is 5.54. The summed E-state index contributed by atoms with van der Waals surface area (Å²) in [4.78, 5) is 11.5. The third kappa shape index (κ3) is 3.10. The van der Waals surface area contributed by atoms with Gasteiger partial charge in [-0.2, -0.15) is 0 Å². The fourth-order valence-corrected chi connectivity index (χ4v) is 1.60. The quantitative estimate of drug-likeness (QED) is 0.762. The summed E-state index contributed by atoms with van der Waals surface area (Å²) in [5, 5.41) is 11.4. The molecule has 2 rings (SSSR count). The van der Waals surface area contributed by atoms with Gasteiger partial charge in [0.05, 0.1) is 0 Å². The molecule has 0 radical (unpaired) electrons. The van der Waals surface area contributed by atoms with Gasteiger partial charge in [-0.1, -0.05) is 0 Å². The number of carbonyl (C=O) groups excluding carboxylic acids is 1. The van der Waals surface area contributed by atoms with Crippen LogP contribution in [0.3, 0.4) is 0 Å². The molecular weight excluding hydrogens is 222 g/mol. The van der Waals surface area contributed by atoms with Crippen LogP contribution in [0.15, 0.2) is 18.2 Å². The molecule has 0 unspecified atom stereocenters. The summed E-state index contributed by atoms with van der Waals surface area (Å²) in [6, 6.07) is 5.29. The summed E-state index contributed by atoms with van der Waals surface area (Å²) in [6.07, 6.45) is 1.75. The Bertz CT molecular complexity index is 405. The highest BCUT2D eigenvalue weighted by Crippen LogP contribution is 2.34. The first-order valence-electron chi connectivity index (χ1n) is 5.60. The maximum atomic E-state index is 11.5. The van der Waals surface area contributed by atoms with E-state index in [-0.39, 0.29) is 19.3 Å². The number of ether oxygens (including phenoxy) is 2. The van der Waals surface area contributed by atoms with Crippen LogP contribution in [0.5, 0.6) is 11.5 Å². The predicted molar refractivity (Wildman–Crippen MR) is 62.1 cm³/mol. The molecule has 17 heavy (non-hydrogen) atoms. The monoisotopic (exact) mass is 237 g/mol. The van der Waals surface area contributed by atoms with Crippen molar-refractivity contribution in [3.63, 3.8) is 0 Å². The first-order valence-corrected chi connectivity index (χ1v) is 5.60. The molecule has 0 atom stereocenters. The van der Waals surface area contributed by atoms with Crippen LogP contribution in [0.1, 0.15) is 19.3 Å². The molecule has 1 aromatic carbocycles. The van der Waals surface area contributed by atoms with Crippen molar-refractivity contribution in [1.29, 1.82) is 0 Å². The van der Waals surface area contributed by atoms with Gasteiger partial charge in [-0.15, -0.1) is 0 Å². The molecule has 0 spiro atoms. The highest BCUT2D eigenvalue weighted by Gasteiger charge is 2.13. The highest BCUT2D eigenvalue weighted by molar-refractivity contribution is 5.91. The zero-order chi connectivity index (χ0) is 12.1. The summed E-state index contributed by atoms with van der Waals surface area (Å²) in [6.45, 7) is 0.348. The summed E-state index contributed by atoms with van der Waals surface area (Å²) in [5.41, 5.74) is 0.697. The number of aliphatic hydroxyl groups is 1.